The first-order chi connectivity index (χ1) is 16.9. The van der Waals surface area contributed by atoms with Gasteiger partial charge in [-0.15, -0.1) is 0 Å². The summed E-state index contributed by atoms with van der Waals surface area (Å²) in [6, 6.07) is 17.9. The number of rotatable bonds is 6. The van der Waals surface area contributed by atoms with Crippen molar-refractivity contribution in [3.63, 3.8) is 0 Å². The van der Waals surface area contributed by atoms with E-state index < -0.39 is 0 Å². The van der Waals surface area contributed by atoms with E-state index in [1.54, 1.807) is 31.0 Å². The number of methoxy groups -OCH3 is 2. The molecule has 0 aliphatic carbocycles. The fourth-order valence-electron chi connectivity index (χ4n) is 4.00. The minimum Gasteiger partial charge on any atom is -0.493 e. The van der Waals surface area contributed by atoms with Crippen LogP contribution in [0.25, 0.3) is 27.8 Å². The van der Waals surface area contributed by atoms with Crippen LogP contribution >= 0.6 is 0 Å². The van der Waals surface area contributed by atoms with Gasteiger partial charge >= 0.3 is 0 Å². The molecule has 0 saturated carbocycles. The molecule has 0 radical (unpaired) electrons. The van der Waals surface area contributed by atoms with Crippen LogP contribution in [0.5, 0.6) is 11.5 Å². The number of Topliss-reactive ketones (excluding diaryl/α,β-unsaturated/α-hetero) is 1. The van der Waals surface area contributed by atoms with E-state index in [-0.39, 0.29) is 5.78 Å². The molecule has 0 aliphatic rings. The van der Waals surface area contributed by atoms with E-state index in [9.17, 15) is 4.79 Å². The third kappa shape index (κ3) is 5.04. The second-order valence-electron chi connectivity index (χ2n) is 8.36. The van der Waals surface area contributed by atoms with E-state index in [4.69, 9.17) is 9.47 Å². The van der Waals surface area contributed by atoms with Gasteiger partial charge in [0.05, 0.1) is 19.9 Å². The zero-order valence-electron chi connectivity index (χ0n) is 20.8. The Morgan fingerprint density at radius 3 is 2.51 bits per heavy atom. The van der Waals surface area contributed by atoms with E-state index in [1.807, 2.05) is 31.2 Å². The SMILES string of the molecule is CCCC(=O)c1cc2nccc(-c3ccc(OC)c(OC)c3)n2n1.Cc1ccc2c(ccn2C)c1. The van der Waals surface area contributed by atoms with Crippen molar-refractivity contribution in [3.05, 3.63) is 78.2 Å². The molecule has 5 aromatic rings. The monoisotopic (exact) mass is 470 g/mol. The maximum atomic E-state index is 12.1. The summed E-state index contributed by atoms with van der Waals surface area (Å²) in [4.78, 5) is 16.4. The smallest absolute Gasteiger partial charge is 0.183 e. The number of ketones is 1. The van der Waals surface area contributed by atoms with Crippen LogP contribution in [0.1, 0.15) is 35.8 Å². The molecule has 3 aromatic heterocycles. The first-order valence-electron chi connectivity index (χ1n) is 11.6. The Balaban J connectivity index is 0.000000218. The largest absolute Gasteiger partial charge is 0.493 e. The maximum Gasteiger partial charge on any atom is 0.183 e. The van der Waals surface area contributed by atoms with Crippen molar-refractivity contribution in [2.45, 2.75) is 26.7 Å². The topological polar surface area (TPSA) is 70.7 Å². The van der Waals surface area contributed by atoms with Crippen LogP contribution in [0.2, 0.25) is 0 Å². The molecule has 0 aliphatic heterocycles. The van der Waals surface area contributed by atoms with E-state index in [0.29, 0.717) is 29.3 Å². The molecule has 5 rings (SSSR count). The summed E-state index contributed by atoms with van der Waals surface area (Å²) in [5, 5.41) is 5.76. The molecule has 2 aromatic carbocycles. The summed E-state index contributed by atoms with van der Waals surface area (Å²) in [5.74, 6) is 1.32. The number of hydrogen-bond donors (Lipinski definition) is 0. The highest BCUT2D eigenvalue weighted by molar-refractivity contribution is 5.95. The van der Waals surface area contributed by atoms with Crippen LogP contribution in [-0.4, -0.2) is 39.2 Å². The highest BCUT2D eigenvalue weighted by atomic mass is 16.5. The summed E-state index contributed by atoms with van der Waals surface area (Å²) in [7, 11) is 5.26. The van der Waals surface area contributed by atoms with Gasteiger partial charge in [-0.3, -0.25) is 4.79 Å². The Morgan fingerprint density at radius 1 is 0.971 bits per heavy atom. The van der Waals surface area contributed by atoms with Crippen LogP contribution in [0.3, 0.4) is 0 Å². The molecule has 0 bridgehead atoms. The third-order valence-electron chi connectivity index (χ3n) is 5.84. The lowest BCUT2D eigenvalue weighted by atomic mass is 10.1. The van der Waals surface area contributed by atoms with Gasteiger partial charge in [0.1, 0.15) is 5.69 Å². The lowest BCUT2D eigenvalue weighted by Crippen LogP contribution is -2.01. The zero-order chi connectivity index (χ0) is 24.9. The standard InChI is InChI=1S/C18H19N3O3.C10H11N/c1-4-5-15(22)13-11-18-19-9-8-14(21(18)20-13)12-6-7-16(23-2)17(10-12)24-3;1-8-3-4-10-9(7-8)5-6-11(10)2/h6-11H,4-5H2,1-3H3;3-7H,1-2H3. The summed E-state index contributed by atoms with van der Waals surface area (Å²) < 4.78 is 14.5. The van der Waals surface area contributed by atoms with Gasteiger partial charge < -0.3 is 14.0 Å². The van der Waals surface area contributed by atoms with Crippen molar-refractivity contribution >= 4 is 22.3 Å². The second kappa shape index (κ2) is 10.4. The highest BCUT2D eigenvalue weighted by Gasteiger charge is 2.14. The number of fused-ring (bicyclic) bond motifs is 2. The summed E-state index contributed by atoms with van der Waals surface area (Å²) >= 11 is 0. The Labute approximate surface area is 204 Å². The van der Waals surface area contributed by atoms with Gasteiger partial charge in [0, 0.05) is 43.0 Å². The van der Waals surface area contributed by atoms with E-state index in [0.717, 1.165) is 17.7 Å². The fourth-order valence-corrected chi connectivity index (χ4v) is 4.00. The minimum atomic E-state index is 0.0289. The molecule has 7 heteroatoms. The van der Waals surface area contributed by atoms with E-state index in [1.165, 1.54) is 16.5 Å². The molecule has 0 N–H and O–H groups in total. The van der Waals surface area contributed by atoms with Gasteiger partial charge in [0.2, 0.25) is 0 Å². The van der Waals surface area contributed by atoms with E-state index >= 15 is 0 Å². The Bertz CT molecular complexity index is 1480. The van der Waals surface area contributed by atoms with Gasteiger partial charge in [-0.2, -0.15) is 5.10 Å². The van der Waals surface area contributed by atoms with Crippen molar-refractivity contribution in [2.24, 2.45) is 7.05 Å². The van der Waals surface area contributed by atoms with Crippen LogP contribution in [-0.2, 0) is 7.05 Å². The van der Waals surface area contributed by atoms with Gasteiger partial charge in [-0.05, 0) is 61.2 Å². The third-order valence-corrected chi connectivity index (χ3v) is 5.84. The van der Waals surface area contributed by atoms with Crippen molar-refractivity contribution < 1.29 is 14.3 Å². The molecular formula is C28H30N4O3. The Morgan fingerprint density at radius 2 is 1.77 bits per heavy atom. The Kier molecular flexibility index (Phi) is 7.15. The van der Waals surface area contributed by atoms with Gasteiger partial charge in [0.15, 0.2) is 22.9 Å². The number of aryl methyl sites for hydroxylation is 2. The van der Waals surface area contributed by atoms with Crippen molar-refractivity contribution in [3.8, 4) is 22.8 Å². The number of carbonyl (C=O) groups excluding carboxylic acids is 1. The van der Waals surface area contributed by atoms with Gasteiger partial charge in [-0.25, -0.2) is 9.50 Å². The Hall–Kier alpha value is -4.13. The molecule has 3 heterocycles. The molecule has 7 nitrogen and oxygen atoms in total. The van der Waals surface area contributed by atoms with Crippen LogP contribution in [0, 0.1) is 6.92 Å². The number of benzene rings is 2. The summed E-state index contributed by atoms with van der Waals surface area (Å²) in [5.41, 5.74) is 5.44. The summed E-state index contributed by atoms with van der Waals surface area (Å²) in [6.45, 7) is 4.09. The average molecular weight is 471 g/mol. The number of carbonyl (C=O) groups is 1. The molecule has 0 fully saturated rings. The zero-order valence-corrected chi connectivity index (χ0v) is 20.8. The molecule has 0 amide bonds. The van der Waals surface area contributed by atoms with Gasteiger partial charge in [-0.1, -0.05) is 18.6 Å². The van der Waals surface area contributed by atoms with Crippen LogP contribution in [0.4, 0.5) is 0 Å². The second-order valence-corrected chi connectivity index (χ2v) is 8.36. The van der Waals surface area contributed by atoms with Crippen molar-refractivity contribution in [1.29, 1.82) is 0 Å². The first-order valence-corrected chi connectivity index (χ1v) is 11.6. The fraction of sp³-hybridized carbons (Fsp3) is 0.250. The number of hydrogen-bond acceptors (Lipinski definition) is 5. The number of aromatic nitrogens is 4. The number of ether oxygens (including phenoxy) is 2. The quantitative estimate of drug-likeness (QED) is 0.290. The first kappa shape index (κ1) is 24.0. The van der Waals surface area contributed by atoms with E-state index in [2.05, 4.69) is 59.1 Å². The molecule has 0 saturated heterocycles. The normalized spacial score (nSPS) is 10.8. The molecule has 180 valence electrons. The molecule has 0 spiro atoms. The molecular weight excluding hydrogens is 440 g/mol. The molecule has 0 unspecified atom stereocenters. The molecule has 0 atom stereocenters. The van der Waals surface area contributed by atoms with Gasteiger partial charge in [0.25, 0.3) is 0 Å². The van der Waals surface area contributed by atoms with Crippen LogP contribution < -0.4 is 9.47 Å². The lowest BCUT2D eigenvalue weighted by molar-refractivity contribution is 0.0976. The predicted octanol–water partition coefficient (Wildman–Crippen LogP) is 5.88. The number of nitrogens with zero attached hydrogens (tertiary/aromatic N) is 4. The van der Waals surface area contributed by atoms with Crippen molar-refractivity contribution in [2.75, 3.05) is 14.2 Å². The van der Waals surface area contributed by atoms with Crippen LogP contribution in [0.15, 0.2) is 67.0 Å². The maximum absolute atomic E-state index is 12.1. The highest BCUT2D eigenvalue weighted by Crippen LogP contribution is 2.32. The molecule has 35 heavy (non-hydrogen) atoms. The lowest BCUT2D eigenvalue weighted by Gasteiger charge is -2.10. The average Bonchev–Trinajstić information content (AvgIpc) is 3.47. The minimum absolute atomic E-state index is 0.0289. The van der Waals surface area contributed by atoms with Crippen molar-refractivity contribution in [1.82, 2.24) is 19.2 Å². The predicted molar refractivity (Wildman–Crippen MR) is 138 cm³/mol. The summed E-state index contributed by atoms with van der Waals surface area (Å²) in [6.07, 6.45) is 5.07.